The Kier molecular flexibility index (Phi) is 5.19. The van der Waals surface area contributed by atoms with E-state index in [2.05, 4.69) is 10.3 Å². The van der Waals surface area contributed by atoms with Crippen LogP contribution in [0.2, 0.25) is 0 Å². The fourth-order valence-electron chi connectivity index (χ4n) is 2.43. The minimum Gasteiger partial charge on any atom is -0.352 e. The SMILES string of the molecule is Cc1sc(CC(=O)NCc2ccccc2)nc1-c1ccc(F)c(F)c1. The van der Waals surface area contributed by atoms with Crippen molar-refractivity contribution in [1.82, 2.24) is 10.3 Å². The Morgan fingerprint density at radius 3 is 2.60 bits per heavy atom. The first kappa shape index (κ1) is 17.2. The van der Waals surface area contributed by atoms with Crippen LogP contribution < -0.4 is 5.32 Å². The summed E-state index contributed by atoms with van der Waals surface area (Å²) in [5.41, 5.74) is 2.10. The molecule has 0 unspecified atom stereocenters. The van der Waals surface area contributed by atoms with E-state index in [4.69, 9.17) is 0 Å². The lowest BCUT2D eigenvalue weighted by Crippen LogP contribution is -2.24. The molecule has 0 fully saturated rings. The number of carbonyl (C=O) groups excluding carboxylic acids is 1. The molecule has 0 radical (unpaired) electrons. The third-order valence-electron chi connectivity index (χ3n) is 3.68. The number of benzene rings is 2. The first-order valence-corrected chi connectivity index (χ1v) is 8.57. The summed E-state index contributed by atoms with van der Waals surface area (Å²) in [7, 11) is 0. The average molecular weight is 358 g/mol. The molecule has 0 saturated heterocycles. The number of halogens is 2. The van der Waals surface area contributed by atoms with Gasteiger partial charge in [0.15, 0.2) is 11.6 Å². The Morgan fingerprint density at radius 1 is 1.12 bits per heavy atom. The van der Waals surface area contributed by atoms with Crippen molar-refractivity contribution in [2.45, 2.75) is 19.9 Å². The summed E-state index contributed by atoms with van der Waals surface area (Å²) in [6.45, 7) is 2.31. The van der Waals surface area contributed by atoms with Crippen LogP contribution in [0.3, 0.4) is 0 Å². The normalized spacial score (nSPS) is 10.7. The van der Waals surface area contributed by atoms with E-state index in [1.165, 1.54) is 17.4 Å². The molecule has 0 bridgehead atoms. The molecule has 1 N–H and O–H groups in total. The van der Waals surface area contributed by atoms with Gasteiger partial charge in [-0.05, 0) is 30.7 Å². The highest BCUT2D eigenvalue weighted by Gasteiger charge is 2.14. The van der Waals surface area contributed by atoms with Gasteiger partial charge in [-0.2, -0.15) is 0 Å². The molecule has 0 saturated carbocycles. The summed E-state index contributed by atoms with van der Waals surface area (Å²) >= 11 is 1.38. The molecule has 0 aliphatic carbocycles. The number of hydrogen-bond acceptors (Lipinski definition) is 3. The highest BCUT2D eigenvalue weighted by Crippen LogP contribution is 2.28. The van der Waals surface area contributed by atoms with Crippen LogP contribution in [0.25, 0.3) is 11.3 Å². The maximum absolute atomic E-state index is 13.4. The van der Waals surface area contributed by atoms with Crippen molar-refractivity contribution in [2.24, 2.45) is 0 Å². The van der Waals surface area contributed by atoms with Crippen molar-refractivity contribution < 1.29 is 13.6 Å². The molecule has 1 aromatic heterocycles. The van der Waals surface area contributed by atoms with E-state index in [0.717, 1.165) is 22.6 Å². The Hall–Kier alpha value is -2.60. The van der Waals surface area contributed by atoms with Gasteiger partial charge >= 0.3 is 0 Å². The number of nitrogens with one attached hydrogen (secondary N) is 1. The van der Waals surface area contributed by atoms with Crippen LogP contribution in [-0.4, -0.2) is 10.9 Å². The largest absolute Gasteiger partial charge is 0.352 e. The molecule has 2 aromatic carbocycles. The summed E-state index contributed by atoms with van der Waals surface area (Å²) < 4.78 is 26.5. The lowest BCUT2D eigenvalue weighted by Gasteiger charge is -2.03. The first-order valence-electron chi connectivity index (χ1n) is 7.75. The number of carbonyl (C=O) groups is 1. The molecule has 25 heavy (non-hydrogen) atoms. The Bertz CT molecular complexity index is 894. The van der Waals surface area contributed by atoms with Crippen LogP contribution in [-0.2, 0) is 17.8 Å². The Balaban J connectivity index is 1.67. The van der Waals surface area contributed by atoms with Crippen molar-refractivity contribution in [3.63, 3.8) is 0 Å². The standard InChI is InChI=1S/C19H16F2N2OS/c1-12-19(14-7-8-15(20)16(21)9-14)23-18(25-12)10-17(24)22-11-13-5-3-2-4-6-13/h2-9H,10-11H2,1H3,(H,22,24). The van der Waals surface area contributed by atoms with Crippen molar-refractivity contribution >= 4 is 17.2 Å². The molecule has 0 aliphatic heterocycles. The van der Waals surface area contributed by atoms with E-state index in [0.29, 0.717) is 22.8 Å². The molecule has 0 spiro atoms. The Labute approximate surface area is 148 Å². The minimum absolute atomic E-state index is 0.130. The van der Waals surface area contributed by atoms with Gasteiger partial charge in [0, 0.05) is 17.0 Å². The Morgan fingerprint density at radius 2 is 1.88 bits per heavy atom. The van der Waals surface area contributed by atoms with Gasteiger partial charge < -0.3 is 5.32 Å². The van der Waals surface area contributed by atoms with E-state index in [9.17, 15) is 13.6 Å². The van der Waals surface area contributed by atoms with E-state index < -0.39 is 11.6 Å². The van der Waals surface area contributed by atoms with Crippen LogP contribution in [0.1, 0.15) is 15.4 Å². The molecule has 3 aromatic rings. The summed E-state index contributed by atoms with van der Waals surface area (Å²) in [6.07, 6.45) is 0.155. The zero-order valence-electron chi connectivity index (χ0n) is 13.6. The van der Waals surface area contributed by atoms with Crippen molar-refractivity contribution in [1.29, 1.82) is 0 Å². The smallest absolute Gasteiger partial charge is 0.227 e. The fraction of sp³-hybridized carbons (Fsp3) is 0.158. The molecule has 0 aliphatic rings. The monoisotopic (exact) mass is 358 g/mol. The maximum atomic E-state index is 13.4. The van der Waals surface area contributed by atoms with E-state index in [-0.39, 0.29) is 12.3 Å². The topological polar surface area (TPSA) is 42.0 Å². The molecule has 128 valence electrons. The summed E-state index contributed by atoms with van der Waals surface area (Å²) in [5, 5.41) is 3.49. The molecular formula is C19H16F2N2OS. The van der Waals surface area contributed by atoms with Gasteiger partial charge in [-0.1, -0.05) is 30.3 Å². The van der Waals surface area contributed by atoms with Crippen LogP contribution in [0.4, 0.5) is 8.78 Å². The summed E-state index contributed by atoms with van der Waals surface area (Å²) in [4.78, 5) is 17.4. The zero-order chi connectivity index (χ0) is 17.8. The predicted octanol–water partition coefficient (Wildman–Crippen LogP) is 4.26. The van der Waals surface area contributed by atoms with Gasteiger partial charge in [0.05, 0.1) is 12.1 Å². The summed E-state index contributed by atoms with van der Waals surface area (Å²) in [6, 6.07) is 13.3. The van der Waals surface area contributed by atoms with Gasteiger partial charge in [-0.15, -0.1) is 11.3 Å². The minimum atomic E-state index is -0.910. The van der Waals surface area contributed by atoms with E-state index >= 15 is 0 Å². The van der Waals surface area contributed by atoms with Gasteiger partial charge in [0.1, 0.15) is 5.01 Å². The second kappa shape index (κ2) is 7.53. The highest BCUT2D eigenvalue weighted by molar-refractivity contribution is 7.12. The van der Waals surface area contributed by atoms with Crippen molar-refractivity contribution in [2.75, 3.05) is 0 Å². The number of amides is 1. The van der Waals surface area contributed by atoms with E-state index in [1.54, 1.807) is 0 Å². The van der Waals surface area contributed by atoms with Gasteiger partial charge in [0.25, 0.3) is 0 Å². The van der Waals surface area contributed by atoms with Crippen LogP contribution >= 0.6 is 11.3 Å². The van der Waals surface area contributed by atoms with Crippen LogP contribution in [0.5, 0.6) is 0 Å². The second-order valence-corrected chi connectivity index (χ2v) is 6.87. The van der Waals surface area contributed by atoms with Gasteiger partial charge in [-0.3, -0.25) is 4.79 Å². The molecule has 6 heteroatoms. The molecule has 0 atom stereocenters. The number of aromatic nitrogens is 1. The van der Waals surface area contributed by atoms with Crippen molar-refractivity contribution in [3.8, 4) is 11.3 Å². The summed E-state index contributed by atoms with van der Waals surface area (Å²) in [5.74, 6) is -1.93. The van der Waals surface area contributed by atoms with Crippen LogP contribution in [0, 0.1) is 18.6 Å². The number of rotatable bonds is 5. The maximum Gasteiger partial charge on any atom is 0.227 e. The highest BCUT2D eigenvalue weighted by atomic mass is 32.1. The number of thiazole rings is 1. The lowest BCUT2D eigenvalue weighted by atomic mass is 10.1. The third kappa shape index (κ3) is 4.28. The average Bonchev–Trinajstić information content (AvgIpc) is 2.96. The fourth-order valence-corrected chi connectivity index (χ4v) is 3.39. The third-order valence-corrected chi connectivity index (χ3v) is 4.65. The molecule has 3 nitrogen and oxygen atoms in total. The molecule has 3 rings (SSSR count). The van der Waals surface area contributed by atoms with Gasteiger partial charge in [-0.25, -0.2) is 13.8 Å². The number of hydrogen-bond donors (Lipinski definition) is 1. The number of nitrogens with zero attached hydrogens (tertiary/aromatic N) is 1. The molecular weight excluding hydrogens is 342 g/mol. The zero-order valence-corrected chi connectivity index (χ0v) is 14.4. The van der Waals surface area contributed by atoms with Gasteiger partial charge in [0.2, 0.25) is 5.91 Å². The number of aryl methyl sites for hydroxylation is 1. The van der Waals surface area contributed by atoms with E-state index in [1.807, 2.05) is 37.3 Å². The van der Waals surface area contributed by atoms with Crippen LogP contribution in [0.15, 0.2) is 48.5 Å². The van der Waals surface area contributed by atoms with Crippen molar-refractivity contribution in [3.05, 3.63) is 75.6 Å². The molecule has 1 heterocycles. The lowest BCUT2D eigenvalue weighted by molar-refractivity contribution is -0.120. The quantitative estimate of drug-likeness (QED) is 0.741. The second-order valence-electron chi connectivity index (χ2n) is 5.58. The predicted molar refractivity (Wildman–Crippen MR) is 94.2 cm³/mol. The first-order chi connectivity index (χ1) is 12.0. The molecule has 1 amide bonds.